The molecule has 0 aliphatic heterocycles. The SMILES string of the molecule is COc1cccc(CN(C)CC(=O)NCCc2ccc(Cl)cc2Cl)c1. The van der Waals surface area contributed by atoms with E-state index < -0.39 is 0 Å². The topological polar surface area (TPSA) is 41.6 Å². The highest BCUT2D eigenvalue weighted by atomic mass is 35.5. The number of carbonyl (C=O) groups excluding carboxylic acids is 1. The number of nitrogens with zero attached hydrogens (tertiary/aromatic N) is 1. The highest BCUT2D eigenvalue weighted by molar-refractivity contribution is 6.35. The number of methoxy groups -OCH3 is 1. The number of likely N-dealkylation sites (N-methyl/N-ethyl adjacent to an activating group) is 1. The van der Waals surface area contributed by atoms with Gasteiger partial charge < -0.3 is 10.1 Å². The van der Waals surface area contributed by atoms with Crippen LogP contribution in [0.3, 0.4) is 0 Å². The van der Waals surface area contributed by atoms with Gasteiger partial charge in [-0.3, -0.25) is 9.69 Å². The molecule has 0 saturated heterocycles. The van der Waals surface area contributed by atoms with Crippen LogP contribution in [-0.2, 0) is 17.8 Å². The minimum absolute atomic E-state index is 0.0181. The van der Waals surface area contributed by atoms with Gasteiger partial charge in [-0.2, -0.15) is 0 Å². The normalized spacial score (nSPS) is 10.8. The first kappa shape index (κ1) is 19.6. The Morgan fingerprint density at radius 1 is 1.20 bits per heavy atom. The van der Waals surface area contributed by atoms with Crippen LogP contribution in [0.25, 0.3) is 0 Å². The minimum Gasteiger partial charge on any atom is -0.497 e. The molecule has 0 unspecified atom stereocenters. The van der Waals surface area contributed by atoms with Gasteiger partial charge in [0.15, 0.2) is 0 Å². The Hall–Kier alpha value is -1.75. The summed E-state index contributed by atoms with van der Waals surface area (Å²) >= 11 is 12.0. The molecule has 25 heavy (non-hydrogen) atoms. The van der Waals surface area contributed by atoms with Gasteiger partial charge in [0.1, 0.15) is 5.75 Å². The van der Waals surface area contributed by atoms with Gasteiger partial charge in [0.2, 0.25) is 5.91 Å². The van der Waals surface area contributed by atoms with E-state index in [1.807, 2.05) is 42.3 Å². The summed E-state index contributed by atoms with van der Waals surface area (Å²) in [6.45, 7) is 1.53. The summed E-state index contributed by atoms with van der Waals surface area (Å²) in [5.41, 5.74) is 2.07. The average Bonchev–Trinajstić information content (AvgIpc) is 2.56. The van der Waals surface area contributed by atoms with E-state index in [2.05, 4.69) is 5.32 Å². The van der Waals surface area contributed by atoms with Crippen LogP contribution in [0, 0.1) is 0 Å². The third-order valence-corrected chi connectivity index (χ3v) is 4.32. The van der Waals surface area contributed by atoms with Crippen LogP contribution < -0.4 is 10.1 Å². The van der Waals surface area contributed by atoms with Gasteiger partial charge in [-0.1, -0.05) is 41.4 Å². The van der Waals surface area contributed by atoms with Crippen LogP contribution in [0.2, 0.25) is 10.0 Å². The van der Waals surface area contributed by atoms with E-state index in [0.29, 0.717) is 36.1 Å². The van der Waals surface area contributed by atoms with Crippen LogP contribution in [0.5, 0.6) is 5.75 Å². The second-order valence-corrected chi connectivity index (χ2v) is 6.70. The van der Waals surface area contributed by atoms with Gasteiger partial charge in [-0.05, 0) is 48.9 Å². The Kier molecular flexibility index (Phi) is 7.56. The fourth-order valence-electron chi connectivity index (χ4n) is 2.50. The molecule has 1 amide bonds. The molecule has 2 aromatic carbocycles. The van der Waals surface area contributed by atoms with Crippen LogP contribution in [-0.4, -0.2) is 38.1 Å². The van der Waals surface area contributed by atoms with E-state index in [4.69, 9.17) is 27.9 Å². The Labute approximate surface area is 158 Å². The number of nitrogens with one attached hydrogen (secondary N) is 1. The highest BCUT2D eigenvalue weighted by Crippen LogP contribution is 2.21. The molecule has 0 fully saturated rings. The number of hydrogen-bond donors (Lipinski definition) is 1. The van der Waals surface area contributed by atoms with E-state index in [1.165, 1.54) is 0 Å². The van der Waals surface area contributed by atoms with E-state index in [0.717, 1.165) is 16.9 Å². The lowest BCUT2D eigenvalue weighted by atomic mass is 10.1. The first-order valence-electron chi connectivity index (χ1n) is 8.00. The molecule has 0 bridgehead atoms. The van der Waals surface area contributed by atoms with Crippen LogP contribution in [0.1, 0.15) is 11.1 Å². The smallest absolute Gasteiger partial charge is 0.234 e. The van der Waals surface area contributed by atoms with Crippen LogP contribution in [0.15, 0.2) is 42.5 Å². The summed E-state index contributed by atoms with van der Waals surface area (Å²) < 4.78 is 5.21. The lowest BCUT2D eigenvalue weighted by Gasteiger charge is -2.17. The molecule has 0 aliphatic carbocycles. The quantitative estimate of drug-likeness (QED) is 0.757. The number of amides is 1. The molecule has 2 aromatic rings. The van der Waals surface area contributed by atoms with Crippen molar-refractivity contribution < 1.29 is 9.53 Å². The largest absolute Gasteiger partial charge is 0.497 e. The molecule has 0 atom stereocenters. The maximum absolute atomic E-state index is 12.1. The third kappa shape index (κ3) is 6.58. The van der Waals surface area contributed by atoms with E-state index in [9.17, 15) is 4.79 Å². The van der Waals surface area contributed by atoms with E-state index >= 15 is 0 Å². The van der Waals surface area contributed by atoms with Crippen molar-refractivity contribution in [3.63, 3.8) is 0 Å². The average molecular weight is 381 g/mol. The number of halogens is 2. The van der Waals surface area contributed by atoms with E-state index in [1.54, 1.807) is 19.2 Å². The van der Waals surface area contributed by atoms with Gasteiger partial charge in [0.05, 0.1) is 13.7 Å². The number of carbonyl (C=O) groups is 1. The van der Waals surface area contributed by atoms with Crippen molar-refractivity contribution in [1.29, 1.82) is 0 Å². The minimum atomic E-state index is -0.0181. The molecule has 0 aliphatic rings. The van der Waals surface area contributed by atoms with Crippen molar-refractivity contribution in [3.8, 4) is 5.75 Å². The molecule has 0 spiro atoms. The lowest BCUT2D eigenvalue weighted by molar-refractivity contribution is -0.122. The van der Waals surface area contributed by atoms with Crippen molar-refractivity contribution in [2.24, 2.45) is 0 Å². The van der Waals surface area contributed by atoms with Crippen molar-refractivity contribution in [2.75, 3.05) is 27.2 Å². The van der Waals surface area contributed by atoms with Crippen molar-refractivity contribution in [1.82, 2.24) is 10.2 Å². The Morgan fingerprint density at radius 2 is 2.00 bits per heavy atom. The van der Waals surface area contributed by atoms with Crippen molar-refractivity contribution in [3.05, 3.63) is 63.6 Å². The Bertz CT molecular complexity index is 722. The van der Waals surface area contributed by atoms with Gasteiger partial charge in [-0.15, -0.1) is 0 Å². The summed E-state index contributed by atoms with van der Waals surface area (Å²) in [5, 5.41) is 4.15. The maximum Gasteiger partial charge on any atom is 0.234 e. The van der Waals surface area contributed by atoms with Crippen molar-refractivity contribution in [2.45, 2.75) is 13.0 Å². The van der Waals surface area contributed by atoms with Gasteiger partial charge in [0.25, 0.3) is 0 Å². The van der Waals surface area contributed by atoms with Crippen LogP contribution >= 0.6 is 23.2 Å². The highest BCUT2D eigenvalue weighted by Gasteiger charge is 2.08. The third-order valence-electron chi connectivity index (χ3n) is 3.73. The molecular weight excluding hydrogens is 359 g/mol. The fourth-order valence-corrected chi connectivity index (χ4v) is 3.00. The van der Waals surface area contributed by atoms with E-state index in [-0.39, 0.29) is 5.91 Å². The van der Waals surface area contributed by atoms with Gasteiger partial charge >= 0.3 is 0 Å². The molecule has 0 heterocycles. The number of hydrogen-bond acceptors (Lipinski definition) is 3. The number of benzene rings is 2. The monoisotopic (exact) mass is 380 g/mol. The standard InChI is InChI=1S/C19H22Cl2N2O2/c1-23(12-14-4-3-5-17(10-14)25-2)13-19(24)22-9-8-15-6-7-16(20)11-18(15)21/h3-7,10-11H,8-9,12-13H2,1-2H3,(H,22,24). The molecule has 2 rings (SSSR count). The lowest BCUT2D eigenvalue weighted by Crippen LogP contribution is -2.35. The first-order chi connectivity index (χ1) is 12.0. The second kappa shape index (κ2) is 9.66. The molecule has 1 N–H and O–H groups in total. The molecule has 134 valence electrons. The summed E-state index contributed by atoms with van der Waals surface area (Å²) in [5.74, 6) is 0.797. The van der Waals surface area contributed by atoms with Crippen LogP contribution in [0.4, 0.5) is 0 Å². The summed E-state index contributed by atoms with van der Waals surface area (Å²) in [6, 6.07) is 13.2. The Morgan fingerprint density at radius 3 is 2.72 bits per heavy atom. The van der Waals surface area contributed by atoms with Crippen molar-refractivity contribution >= 4 is 29.1 Å². The molecule has 0 aromatic heterocycles. The first-order valence-corrected chi connectivity index (χ1v) is 8.75. The predicted molar refractivity (Wildman–Crippen MR) is 103 cm³/mol. The summed E-state index contributed by atoms with van der Waals surface area (Å²) in [6.07, 6.45) is 0.668. The Balaban J connectivity index is 1.75. The second-order valence-electron chi connectivity index (χ2n) is 5.86. The molecule has 0 radical (unpaired) electrons. The summed E-state index contributed by atoms with van der Waals surface area (Å²) in [4.78, 5) is 14.0. The fraction of sp³-hybridized carbons (Fsp3) is 0.316. The predicted octanol–water partition coefficient (Wildman–Crippen LogP) is 3.79. The molecule has 4 nitrogen and oxygen atoms in total. The molecule has 0 saturated carbocycles. The zero-order chi connectivity index (χ0) is 18.2. The maximum atomic E-state index is 12.1. The van der Waals surface area contributed by atoms with Gasteiger partial charge in [0, 0.05) is 23.1 Å². The number of ether oxygens (including phenoxy) is 1. The zero-order valence-electron chi connectivity index (χ0n) is 14.4. The molecule has 6 heteroatoms. The van der Waals surface area contributed by atoms with Gasteiger partial charge in [-0.25, -0.2) is 0 Å². The zero-order valence-corrected chi connectivity index (χ0v) is 15.9. The summed E-state index contributed by atoms with van der Waals surface area (Å²) in [7, 11) is 3.55. The molecular formula is C19H22Cl2N2O2. The number of rotatable bonds is 8.